The van der Waals surface area contributed by atoms with Crippen LogP contribution in [0.1, 0.15) is 48.0 Å². The van der Waals surface area contributed by atoms with E-state index in [1.54, 1.807) is 43.6 Å². The average Bonchev–Trinajstić information content (AvgIpc) is 3.39. The van der Waals surface area contributed by atoms with Crippen molar-refractivity contribution in [1.29, 1.82) is 0 Å². The normalized spacial score (nSPS) is 14.6. The van der Waals surface area contributed by atoms with Gasteiger partial charge in [-0.3, -0.25) is 14.7 Å². The van der Waals surface area contributed by atoms with E-state index < -0.39 is 10.0 Å². The molecule has 1 saturated carbocycles. The molecule has 2 aromatic carbocycles. The molecular formula is C28H30N4O4S2. The van der Waals surface area contributed by atoms with Crippen molar-refractivity contribution in [2.24, 2.45) is 0 Å². The first-order valence-corrected chi connectivity index (χ1v) is 14.9. The van der Waals surface area contributed by atoms with E-state index >= 15 is 0 Å². The summed E-state index contributed by atoms with van der Waals surface area (Å²) in [5, 5.41) is 0.538. The van der Waals surface area contributed by atoms with Gasteiger partial charge in [0.2, 0.25) is 10.0 Å². The summed E-state index contributed by atoms with van der Waals surface area (Å²) < 4.78 is 34.3. The number of thiazole rings is 1. The van der Waals surface area contributed by atoms with Crippen LogP contribution in [0.4, 0.5) is 5.13 Å². The molecule has 2 aromatic heterocycles. The maximum atomic E-state index is 13.8. The zero-order valence-corrected chi connectivity index (χ0v) is 23.0. The summed E-state index contributed by atoms with van der Waals surface area (Å²) in [6.45, 7) is 0.272. The van der Waals surface area contributed by atoms with Crippen molar-refractivity contribution >= 4 is 42.6 Å². The average molecular weight is 551 g/mol. The number of aromatic nitrogens is 2. The highest BCUT2D eigenvalue weighted by Crippen LogP contribution is 2.33. The second kappa shape index (κ2) is 11.2. The van der Waals surface area contributed by atoms with E-state index in [1.165, 1.54) is 27.8 Å². The Bertz CT molecular complexity index is 1520. The van der Waals surface area contributed by atoms with Crippen molar-refractivity contribution in [3.8, 4) is 5.75 Å². The predicted octanol–water partition coefficient (Wildman–Crippen LogP) is 5.50. The van der Waals surface area contributed by atoms with Gasteiger partial charge in [-0.25, -0.2) is 13.4 Å². The van der Waals surface area contributed by atoms with Crippen LogP contribution < -0.4 is 9.64 Å². The number of hydrogen-bond donors (Lipinski definition) is 0. The summed E-state index contributed by atoms with van der Waals surface area (Å²) in [5.74, 6) is 0.416. The molecule has 5 rings (SSSR count). The fraction of sp³-hybridized carbons (Fsp3) is 0.321. The quantitative estimate of drug-likeness (QED) is 0.288. The summed E-state index contributed by atoms with van der Waals surface area (Å²) in [6.07, 6.45) is 8.40. The fourth-order valence-corrected chi connectivity index (χ4v) is 7.13. The minimum Gasteiger partial charge on any atom is -0.497 e. The number of amides is 1. The molecule has 1 aliphatic carbocycles. The van der Waals surface area contributed by atoms with Gasteiger partial charge < -0.3 is 4.74 Å². The highest BCUT2D eigenvalue weighted by Gasteiger charge is 2.29. The first-order valence-electron chi connectivity index (χ1n) is 12.6. The Morgan fingerprint density at radius 2 is 1.84 bits per heavy atom. The van der Waals surface area contributed by atoms with E-state index in [9.17, 15) is 13.2 Å². The van der Waals surface area contributed by atoms with Gasteiger partial charge in [0.25, 0.3) is 5.91 Å². The lowest BCUT2D eigenvalue weighted by Crippen LogP contribution is -2.38. The molecule has 1 aliphatic rings. The molecule has 8 nitrogen and oxygen atoms in total. The lowest BCUT2D eigenvalue weighted by atomic mass is 9.96. The molecule has 0 N–H and O–H groups in total. The highest BCUT2D eigenvalue weighted by molar-refractivity contribution is 7.89. The van der Waals surface area contributed by atoms with Crippen LogP contribution in [0.25, 0.3) is 10.2 Å². The van der Waals surface area contributed by atoms with E-state index in [0.717, 1.165) is 47.9 Å². The van der Waals surface area contributed by atoms with Gasteiger partial charge in [0.1, 0.15) is 5.75 Å². The number of methoxy groups -OCH3 is 1. The van der Waals surface area contributed by atoms with Crippen LogP contribution in [0, 0.1) is 0 Å². The summed E-state index contributed by atoms with van der Waals surface area (Å²) in [7, 11) is -0.392. The molecule has 0 bridgehead atoms. The third-order valence-electron chi connectivity index (χ3n) is 6.99. The first-order chi connectivity index (χ1) is 18.4. The maximum absolute atomic E-state index is 13.8. The van der Waals surface area contributed by atoms with Crippen LogP contribution in [0.3, 0.4) is 0 Å². The third kappa shape index (κ3) is 5.43. The molecule has 0 aliphatic heterocycles. The number of ether oxygens (including phenoxy) is 1. The summed E-state index contributed by atoms with van der Waals surface area (Å²) in [4.78, 5) is 24.5. The van der Waals surface area contributed by atoms with Gasteiger partial charge in [-0.1, -0.05) is 36.7 Å². The number of carbonyl (C=O) groups excluding carboxylic acids is 1. The number of pyridine rings is 1. The number of anilines is 1. The van der Waals surface area contributed by atoms with E-state index in [2.05, 4.69) is 4.98 Å². The summed E-state index contributed by atoms with van der Waals surface area (Å²) in [5.41, 5.74) is 1.97. The lowest BCUT2D eigenvalue weighted by molar-refractivity contribution is 0.0985. The largest absolute Gasteiger partial charge is 0.497 e. The number of nitrogens with zero attached hydrogens (tertiary/aromatic N) is 4. The Kier molecular flexibility index (Phi) is 7.73. The molecule has 10 heteroatoms. The number of benzene rings is 2. The number of fused-ring (bicyclic) bond motifs is 1. The van der Waals surface area contributed by atoms with E-state index in [0.29, 0.717) is 16.4 Å². The van der Waals surface area contributed by atoms with Crippen molar-refractivity contribution in [3.05, 3.63) is 78.1 Å². The van der Waals surface area contributed by atoms with Crippen molar-refractivity contribution in [3.63, 3.8) is 0 Å². The smallest absolute Gasteiger partial charge is 0.260 e. The third-order valence-corrected chi connectivity index (χ3v) is 9.97. The maximum Gasteiger partial charge on any atom is 0.260 e. The molecule has 2 heterocycles. The number of hydrogen-bond acceptors (Lipinski definition) is 7. The SMILES string of the molecule is COc1ccc2sc(N(Cc3cccnc3)C(=O)c3ccc(S(=O)(=O)N(C)C4CCCCC4)cc3)nc2c1. The lowest BCUT2D eigenvalue weighted by Gasteiger charge is -2.30. The number of carbonyl (C=O) groups is 1. The molecule has 0 unspecified atom stereocenters. The summed E-state index contributed by atoms with van der Waals surface area (Å²) in [6, 6.07) is 15.6. The number of rotatable bonds is 8. The molecule has 0 spiro atoms. The van der Waals surface area contributed by atoms with Gasteiger partial charge in [0.15, 0.2) is 5.13 Å². The first kappa shape index (κ1) is 26.3. The van der Waals surface area contributed by atoms with Gasteiger partial charge >= 0.3 is 0 Å². The highest BCUT2D eigenvalue weighted by atomic mass is 32.2. The fourth-order valence-electron chi connectivity index (χ4n) is 4.77. The Balaban J connectivity index is 1.44. The van der Waals surface area contributed by atoms with Crippen LogP contribution in [0.2, 0.25) is 0 Å². The van der Waals surface area contributed by atoms with Crippen molar-refractivity contribution in [2.75, 3.05) is 19.1 Å². The van der Waals surface area contributed by atoms with Gasteiger partial charge in [0, 0.05) is 37.1 Å². The minimum absolute atomic E-state index is 0.0164. The zero-order chi connectivity index (χ0) is 26.7. The van der Waals surface area contributed by atoms with Gasteiger partial charge in [-0.15, -0.1) is 0 Å². The van der Waals surface area contributed by atoms with Crippen LogP contribution in [-0.2, 0) is 16.6 Å². The Morgan fingerprint density at radius 1 is 1.08 bits per heavy atom. The molecule has 1 fully saturated rings. The molecule has 0 radical (unpaired) electrons. The molecule has 198 valence electrons. The Labute approximate surface area is 227 Å². The number of sulfonamides is 1. The monoisotopic (exact) mass is 550 g/mol. The second-order valence-corrected chi connectivity index (χ2v) is 12.4. The van der Waals surface area contributed by atoms with Gasteiger partial charge in [-0.2, -0.15) is 4.31 Å². The van der Waals surface area contributed by atoms with Crippen molar-refractivity contribution in [1.82, 2.24) is 14.3 Å². The van der Waals surface area contributed by atoms with Gasteiger partial charge in [-0.05, 0) is 60.9 Å². The molecular weight excluding hydrogens is 520 g/mol. The molecule has 1 amide bonds. The van der Waals surface area contributed by atoms with Gasteiger partial charge in [0.05, 0.1) is 28.8 Å². The van der Waals surface area contributed by atoms with Crippen LogP contribution in [-0.4, -0.2) is 48.8 Å². The van der Waals surface area contributed by atoms with Crippen LogP contribution in [0.5, 0.6) is 5.75 Å². The Hall–Kier alpha value is -3.34. The van der Waals surface area contributed by atoms with Crippen LogP contribution >= 0.6 is 11.3 Å². The second-order valence-electron chi connectivity index (χ2n) is 9.42. The summed E-state index contributed by atoms with van der Waals surface area (Å²) >= 11 is 1.41. The van der Waals surface area contributed by atoms with Crippen molar-refractivity contribution in [2.45, 2.75) is 49.6 Å². The molecule has 4 aromatic rings. The van der Waals surface area contributed by atoms with Crippen molar-refractivity contribution < 1.29 is 17.9 Å². The standard InChI is InChI=1S/C28H30N4O4S2/c1-31(22-8-4-3-5-9-22)38(34,35)24-13-10-21(11-14-24)27(33)32(19-20-7-6-16-29-18-20)28-30-25-17-23(36-2)12-15-26(25)37-28/h6-7,10-18,22H,3-5,8-9,19H2,1-2H3. The topological polar surface area (TPSA) is 92.7 Å². The van der Waals surface area contributed by atoms with E-state index in [-0.39, 0.29) is 23.4 Å². The molecule has 38 heavy (non-hydrogen) atoms. The molecule has 0 saturated heterocycles. The minimum atomic E-state index is -3.65. The predicted molar refractivity (Wildman–Crippen MR) is 149 cm³/mol. The Morgan fingerprint density at radius 3 is 2.53 bits per heavy atom. The zero-order valence-electron chi connectivity index (χ0n) is 21.4. The van der Waals surface area contributed by atoms with Crippen LogP contribution in [0.15, 0.2) is 71.9 Å². The van der Waals surface area contributed by atoms with E-state index in [1.807, 2.05) is 30.3 Å². The van der Waals surface area contributed by atoms with E-state index in [4.69, 9.17) is 9.72 Å². The molecule has 0 atom stereocenters.